The van der Waals surface area contributed by atoms with Gasteiger partial charge < -0.3 is 14.2 Å². The third-order valence-electron chi connectivity index (χ3n) is 3.63. The van der Waals surface area contributed by atoms with Crippen molar-refractivity contribution in [3.63, 3.8) is 0 Å². The summed E-state index contributed by atoms with van der Waals surface area (Å²) in [6.07, 6.45) is 1.81. The first kappa shape index (κ1) is 13.1. The van der Waals surface area contributed by atoms with Crippen LogP contribution in [0.15, 0.2) is 18.2 Å². The number of ether oxygens (including phenoxy) is 3. The van der Waals surface area contributed by atoms with Gasteiger partial charge in [-0.2, -0.15) is 9.67 Å². The van der Waals surface area contributed by atoms with Crippen LogP contribution in [0.2, 0.25) is 0 Å². The van der Waals surface area contributed by atoms with Crippen molar-refractivity contribution in [1.82, 2.24) is 14.8 Å². The van der Waals surface area contributed by atoms with E-state index in [9.17, 15) is 4.79 Å². The van der Waals surface area contributed by atoms with Crippen molar-refractivity contribution in [2.45, 2.75) is 19.8 Å². The molecule has 114 valence electrons. The summed E-state index contributed by atoms with van der Waals surface area (Å²) in [5.74, 6) is 1.81. The largest absolute Gasteiger partial charge is 0.463 e. The van der Waals surface area contributed by atoms with Crippen molar-refractivity contribution < 1.29 is 19.0 Å². The number of hydrogen-bond acceptors (Lipinski definition) is 6. The quantitative estimate of drug-likeness (QED) is 0.861. The third-order valence-corrected chi connectivity index (χ3v) is 3.63. The smallest absolute Gasteiger partial charge is 0.336 e. The molecule has 0 amide bonds. The maximum absolute atomic E-state index is 12.4. The predicted octanol–water partition coefficient (Wildman–Crippen LogP) is 2.12. The van der Waals surface area contributed by atoms with Crippen LogP contribution in [0.5, 0.6) is 17.5 Å². The maximum atomic E-state index is 12.4. The minimum absolute atomic E-state index is 0.0360. The van der Waals surface area contributed by atoms with E-state index in [0.29, 0.717) is 23.9 Å². The first-order chi connectivity index (χ1) is 10.8. The van der Waals surface area contributed by atoms with E-state index in [1.165, 1.54) is 4.68 Å². The Morgan fingerprint density at radius 1 is 1.36 bits per heavy atom. The summed E-state index contributed by atoms with van der Waals surface area (Å²) in [5.41, 5.74) is 0.747. The lowest BCUT2D eigenvalue weighted by Crippen LogP contribution is -2.15. The van der Waals surface area contributed by atoms with Gasteiger partial charge in [-0.1, -0.05) is 0 Å². The molecule has 22 heavy (non-hydrogen) atoms. The number of aromatic nitrogens is 3. The predicted molar refractivity (Wildman–Crippen MR) is 76.1 cm³/mol. The van der Waals surface area contributed by atoms with Gasteiger partial charge in [0.2, 0.25) is 6.79 Å². The van der Waals surface area contributed by atoms with Gasteiger partial charge in [-0.05, 0) is 38.0 Å². The van der Waals surface area contributed by atoms with Gasteiger partial charge in [-0.3, -0.25) is 4.79 Å². The monoisotopic (exact) mass is 301 g/mol. The summed E-state index contributed by atoms with van der Waals surface area (Å²) < 4.78 is 17.4. The molecule has 0 spiro atoms. The van der Waals surface area contributed by atoms with Crippen LogP contribution in [0.3, 0.4) is 0 Å². The molecule has 1 fully saturated rings. The van der Waals surface area contributed by atoms with Crippen LogP contribution in [0.25, 0.3) is 11.4 Å². The topological polar surface area (TPSA) is 75.5 Å². The molecule has 0 atom stereocenters. The van der Waals surface area contributed by atoms with Gasteiger partial charge in [-0.25, -0.2) is 0 Å². The van der Waals surface area contributed by atoms with Crippen molar-refractivity contribution in [3.05, 3.63) is 18.2 Å². The fraction of sp³-hybridized carbons (Fsp3) is 0.400. The number of benzene rings is 1. The summed E-state index contributed by atoms with van der Waals surface area (Å²) in [6.45, 7) is 2.50. The molecule has 1 aliphatic heterocycles. The number of hydrogen-bond donors (Lipinski definition) is 0. The van der Waals surface area contributed by atoms with E-state index in [2.05, 4.69) is 10.1 Å². The maximum Gasteiger partial charge on any atom is 0.336 e. The van der Waals surface area contributed by atoms with Gasteiger partial charge in [0.05, 0.1) is 6.61 Å². The van der Waals surface area contributed by atoms with Gasteiger partial charge >= 0.3 is 6.01 Å². The SMILES string of the molecule is CCOc1nc(-c2ccc3c(c2)OCO3)n(C(=O)C2CC2)n1. The van der Waals surface area contributed by atoms with Gasteiger partial charge in [0.25, 0.3) is 5.91 Å². The summed E-state index contributed by atoms with van der Waals surface area (Å²) in [4.78, 5) is 16.7. The van der Waals surface area contributed by atoms with Gasteiger partial charge in [0, 0.05) is 11.5 Å². The molecule has 2 aliphatic rings. The first-order valence-corrected chi connectivity index (χ1v) is 7.30. The Balaban J connectivity index is 1.77. The Labute approximate surface area is 126 Å². The Kier molecular flexibility index (Phi) is 2.99. The molecule has 1 aromatic carbocycles. The zero-order valence-corrected chi connectivity index (χ0v) is 12.1. The molecule has 2 heterocycles. The molecule has 0 radical (unpaired) electrons. The van der Waals surface area contributed by atoms with Crippen molar-refractivity contribution in [1.29, 1.82) is 0 Å². The van der Waals surface area contributed by atoms with Crippen molar-refractivity contribution in [2.75, 3.05) is 13.4 Å². The van der Waals surface area contributed by atoms with E-state index in [4.69, 9.17) is 14.2 Å². The molecule has 0 N–H and O–H groups in total. The molecular weight excluding hydrogens is 286 g/mol. The zero-order valence-electron chi connectivity index (χ0n) is 12.1. The minimum Gasteiger partial charge on any atom is -0.463 e. The molecule has 0 bridgehead atoms. The Morgan fingerprint density at radius 2 is 2.18 bits per heavy atom. The Bertz CT molecular complexity index is 736. The average Bonchev–Trinajstić information content (AvgIpc) is 3.12. The second-order valence-electron chi connectivity index (χ2n) is 5.24. The van der Waals surface area contributed by atoms with Crippen LogP contribution in [0, 0.1) is 5.92 Å². The molecule has 4 rings (SSSR count). The third kappa shape index (κ3) is 2.18. The lowest BCUT2D eigenvalue weighted by molar-refractivity contribution is 0.0870. The molecule has 1 aliphatic carbocycles. The highest BCUT2D eigenvalue weighted by Crippen LogP contribution is 2.37. The molecular formula is C15H15N3O4. The zero-order chi connectivity index (χ0) is 15.1. The Morgan fingerprint density at radius 3 is 2.95 bits per heavy atom. The second kappa shape index (κ2) is 5.01. The van der Waals surface area contributed by atoms with E-state index in [1.807, 2.05) is 13.0 Å². The van der Waals surface area contributed by atoms with E-state index in [0.717, 1.165) is 18.4 Å². The van der Waals surface area contributed by atoms with E-state index in [1.54, 1.807) is 12.1 Å². The summed E-state index contributed by atoms with van der Waals surface area (Å²) in [6, 6.07) is 5.66. The van der Waals surface area contributed by atoms with Crippen LogP contribution in [0.4, 0.5) is 0 Å². The van der Waals surface area contributed by atoms with Gasteiger partial charge in [-0.15, -0.1) is 5.10 Å². The minimum atomic E-state index is -0.0360. The average molecular weight is 301 g/mol. The Hall–Kier alpha value is -2.57. The lowest BCUT2D eigenvalue weighted by Gasteiger charge is -2.04. The summed E-state index contributed by atoms with van der Waals surface area (Å²) >= 11 is 0. The van der Waals surface area contributed by atoms with Gasteiger partial charge in [0.1, 0.15) is 0 Å². The van der Waals surface area contributed by atoms with Crippen LogP contribution in [-0.2, 0) is 0 Å². The number of rotatable bonds is 4. The highest BCUT2D eigenvalue weighted by Gasteiger charge is 2.34. The standard InChI is InChI=1S/C15H15N3O4/c1-2-20-15-16-13(18(17-15)14(19)9-3-4-9)10-5-6-11-12(7-10)22-8-21-11/h5-7,9H,2-4,8H2,1H3. The summed E-state index contributed by atoms with van der Waals surface area (Å²) in [5, 5.41) is 4.19. The highest BCUT2D eigenvalue weighted by molar-refractivity contribution is 5.86. The number of carbonyl (C=O) groups is 1. The van der Waals surface area contributed by atoms with Gasteiger partial charge in [0.15, 0.2) is 17.3 Å². The lowest BCUT2D eigenvalue weighted by atomic mass is 10.2. The molecule has 0 saturated heterocycles. The van der Waals surface area contributed by atoms with Crippen LogP contribution < -0.4 is 14.2 Å². The van der Waals surface area contributed by atoms with E-state index >= 15 is 0 Å². The molecule has 1 aromatic heterocycles. The number of carbonyl (C=O) groups excluding carboxylic acids is 1. The normalized spacial score (nSPS) is 15.9. The summed E-state index contributed by atoms with van der Waals surface area (Å²) in [7, 11) is 0. The van der Waals surface area contributed by atoms with Crippen LogP contribution in [-0.4, -0.2) is 34.1 Å². The fourth-order valence-corrected chi connectivity index (χ4v) is 2.36. The highest BCUT2D eigenvalue weighted by atomic mass is 16.7. The number of nitrogens with zero attached hydrogens (tertiary/aromatic N) is 3. The fourth-order valence-electron chi connectivity index (χ4n) is 2.36. The van der Waals surface area contributed by atoms with Crippen LogP contribution in [0.1, 0.15) is 24.6 Å². The van der Waals surface area contributed by atoms with Crippen LogP contribution >= 0.6 is 0 Å². The van der Waals surface area contributed by atoms with Crippen molar-refractivity contribution in [3.8, 4) is 28.9 Å². The molecule has 0 unspecified atom stereocenters. The van der Waals surface area contributed by atoms with Crippen molar-refractivity contribution >= 4 is 5.91 Å². The molecule has 7 heteroatoms. The van der Waals surface area contributed by atoms with E-state index in [-0.39, 0.29) is 24.6 Å². The van der Waals surface area contributed by atoms with Crippen molar-refractivity contribution in [2.24, 2.45) is 5.92 Å². The second-order valence-corrected chi connectivity index (χ2v) is 5.24. The molecule has 2 aromatic rings. The first-order valence-electron chi connectivity index (χ1n) is 7.30. The van der Waals surface area contributed by atoms with E-state index < -0.39 is 0 Å². The number of fused-ring (bicyclic) bond motifs is 1. The molecule has 7 nitrogen and oxygen atoms in total. The molecule has 1 saturated carbocycles.